The standard InChI is InChI=1S/C19H40N4/c20-10-2-12-22-14-6-18(7-15-22)4-1-5-19-8-16-23(17-9-19)13-3-11-21/h18-19H,1-17,20-21H2. The van der Waals surface area contributed by atoms with Gasteiger partial charge in [0.1, 0.15) is 0 Å². The summed E-state index contributed by atoms with van der Waals surface area (Å²) in [5.41, 5.74) is 11.2. The van der Waals surface area contributed by atoms with Gasteiger partial charge in [0.25, 0.3) is 0 Å². The zero-order valence-corrected chi connectivity index (χ0v) is 15.2. The Morgan fingerprint density at radius 1 is 0.609 bits per heavy atom. The second-order valence-corrected chi connectivity index (χ2v) is 7.79. The maximum atomic E-state index is 5.61. The van der Waals surface area contributed by atoms with Crippen LogP contribution in [0.1, 0.15) is 57.8 Å². The van der Waals surface area contributed by atoms with E-state index in [1.165, 1.54) is 84.2 Å². The van der Waals surface area contributed by atoms with Crippen LogP contribution in [0.4, 0.5) is 0 Å². The van der Waals surface area contributed by atoms with Crippen LogP contribution in [0.3, 0.4) is 0 Å². The van der Waals surface area contributed by atoms with E-state index >= 15 is 0 Å². The first-order valence-electron chi connectivity index (χ1n) is 10.2. The number of piperidine rings is 2. The van der Waals surface area contributed by atoms with Gasteiger partial charge in [-0.05, 0) is 103 Å². The van der Waals surface area contributed by atoms with Gasteiger partial charge in [-0.25, -0.2) is 0 Å². The Hall–Kier alpha value is -0.160. The van der Waals surface area contributed by atoms with Crippen LogP contribution >= 0.6 is 0 Å². The minimum atomic E-state index is 0.838. The highest BCUT2D eigenvalue weighted by atomic mass is 15.1. The highest BCUT2D eigenvalue weighted by molar-refractivity contribution is 4.75. The summed E-state index contributed by atoms with van der Waals surface area (Å²) in [5, 5.41) is 0. The average molecular weight is 325 g/mol. The first-order chi connectivity index (χ1) is 11.3. The van der Waals surface area contributed by atoms with Crippen LogP contribution < -0.4 is 11.5 Å². The molecule has 0 aromatic rings. The molecule has 0 aromatic carbocycles. The minimum absolute atomic E-state index is 0.838. The van der Waals surface area contributed by atoms with Crippen LogP contribution in [0.25, 0.3) is 0 Å². The minimum Gasteiger partial charge on any atom is -0.330 e. The molecule has 2 saturated heterocycles. The lowest BCUT2D eigenvalue weighted by Crippen LogP contribution is -2.35. The lowest BCUT2D eigenvalue weighted by Gasteiger charge is -2.33. The number of hydrogen-bond donors (Lipinski definition) is 2. The van der Waals surface area contributed by atoms with E-state index < -0.39 is 0 Å². The molecule has 2 fully saturated rings. The Bertz CT molecular complexity index is 253. The Morgan fingerprint density at radius 2 is 1.00 bits per heavy atom. The summed E-state index contributed by atoms with van der Waals surface area (Å²) in [5.74, 6) is 1.99. The Labute approximate surface area is 143 Å². The quantitative estimate of drug-likeness (QED) is 0.647. The molecule has 0 saturated carbocycles. The predicted molar refractivity (Wildman–Crippen MR) is 99.5 cm³/mol. The summed E-state index contributed by atoms with van der Waals surface area (Å²) >= 11 is 0. The first kappa shape index (κ1) is 19.2. The third-order valence-corrected chi connectivity index (χ3v) is 6.00. The van der Waals surface area contributed by atoms with Gasteiger partial charge in [0, 0.05) is 0 Å². The molecular weight excluding hydrogens is 284 g/mol. The third-order valence-electron chi connectivity index (χ3n) is 6.00. The number of nitrogens with zero attached hydrogens (tertiary/aromatic N) is 2. The van der Waals surface area contributed by atoms with Crippen molar-refractivity contribution in [1.29, 1.82) is 0 Å². The lowest BCUT2D eigenvalue weighted by atomic mass is 9.87. The van der Waals surface area contributed by atoms with Crippen LogP contribution in [-0.2, 0) is 0 Å². The molecule has 0 unspecified atom stereocenters. The Morgan fingerprint density at radius 3 is 1.35 bits per heavy atom. The van der Waals surface area contributed by atoms with Crippen molar-refractivity contribution in [3.05, 3.63) is 0 Å². The SMILES string of the molecule is NCCCN1CCC(CCCC2CCN(CCCN)CC2)CC1. The normalized spacial score (nSPS) is 22.7. The molecule has 4 heteroatoms. The largest absolute Gasteiger partial charge is 0.330 e. The zero-order valence-electron chi connectivity index (χ0n) is 15.2. The molecule has 0 bridgehead atoms. The third kappa shape index (κ3) is 7.51. The van der Waals surface area contributed by atoms with Crippen molar-refractivity contribution in [2.75, 3.05) is 52.4 Å². The number of likely N-dealkylation sites (tertiary alicyclic amines) is 2. The average Bonchev–Trinajstić information content (AvgIpc) is 2.60. The Kier molecular flexibility index (Phi) is 9.50. The molecule has 0 aliphatic carbocycles. The van der Waals surface area contributed by atoms with E-state index in [4.69, 9.17) is 11.5 Å². The summed E-state index contributed by atoms with van der Waals surface area (Å²) in [7, 11) is 0. The van der Waals surface area contributed by atoms with Crippen LogP contribution in [0.5, 0.6) is 0 Å². The molecule has 0 atom stereocenters. The highest BCUT2D eigenvalue weighted by Crippen LogP contribution is 2.27. The van der Waals surface area contributed by atoms with E-state index in [1.807, 2.05) is 0 Å². The summed E-state index contributed by atoms with van der Waals surface area (Å²) in [6.45, 7) is 9.34. The zero-order chi connectivity index (χ0) is 16.3. The van der Waals surface area contributed by atoms with E-state index in [0.29, 0.717) is 0 Å². The maximum Gasteiger partial charge on any atom is -0.000671 e. The van der Waals surface area contributed by atoms with E-state index in [1.54, 1.807) is 0 Å². The molecule has 0 radical (unpaired) electrons. The number of hydrogen-bond acceptors (Lipinski definition) is 4. The second-order valence-electron chi connectivity index (χ2n) is 7.79. The molecule has 23 heavy (non-hydrogen) atoms. The van der Waals surface area contributed by atoms with Gasteiger partial charge in [0.2, 0.25) is 0 Å². The summed E-state index contributed by atoms with van der Waals surface area (Å²) < 4.78 is 0. The van der Waals surface area contributed by atoms with E-state index in [-0.39, 0.29) is 0 Å². The smallest absolute Gasteiger partial charge is 0.000671 e. The molecule has 4 nitrogen and oxygen atoms in total. The fourth-order valence-electron chi connectivity index (χ4n) is 4.32. The van der Waals surface area contributed by atoms with Crippen LogP contribution in [0, 0.1) is 11.8 Å². The molecule has 0 amide bonds. The Balaban J connectivity index is 1.48. The van der Waals surface area contributed by atoms with Crippen molar-refractivity contribution >= 4 is 0 Å². The molecule has 0 aromatic heterocycles. The number of nitrogens with two attached hydrogens (primary N) is 2. The first-order valence-corrected chi connectivity index (χ1v) is 10.2. The van der Waals surface area contributed by atoms with Crippen molar-refractivity contribution < 1.29 is 0 Å². The highest BCUT2D eigenvalue weighted by Gasteiger charge is 2.21. The van der Waals surface area contributed by atoms with Crippen LogP contribution in [0.15, 0.2) is 0 Å². The molecule has 0 spiro atoms. The summed E-state index contributed by atoms with van der Waals surface area (Å²) in [6.07, 6.45) is 12.4. The molecule has 2 heterocycles. The van der Waals surface area contributed by atoms with Gasteiger partial charge >= 0.3 is 0 Å². The molecular formula is C19H40N4. The molecule has 4 N–H and O–H groups in total. The van der Waals surface area contributed by atoms with Crippen LogP contribution in [-0.4, -0.2) is 62.2 Å². The van der Waals surface area contributed by atoms with Crippen molar-refractivity contribution in [2.45, 2.75) is 57.8 Å². The van der Waals surface area contributed by atoms with Crippen LogP contribution in [0.2, 0.25) is 0 Å². The predicted octanol–water partition coefficient (Wildman–Crippen LogP) is 2.28. The van der Waals surface area contributed by atoms with E-state index in [9.17, 15) is 0 Å². The monoisotopic (exact) mass is 324 g/mol. The molecule has 136 valence electrons. The number of rotatable bonds is 10. The molecule has 2 rings (SSSR count). The van der Waals surface area contributed by atoms with Crippen molar-refractivity contribution in [3.63, 3.8) is 0 Å². The topological polar surface area (TPSA) is 58.5 Å². The maximum absolute atomic E-state index is 5.61. The van der Waals surface area contributed by atoms with Crippen molar-refractivity contribution in [1.82, 2.24) is 9.80 Å². The van der Waals surface area contributed by atoms with Crippen molar-refractivity contribution in [2.24, 2.45) is 23.3 Å². The summed E-state index contributed by atoms with van der Waals surface area (Å²) in [4.78, 5) is 5.22. The van der Waals surface area contributed by atoms with E-state index in [0.717, 1.165) is 37.8 Å². The van der Waals surface area contributed by atoms with Gasteiger partial charge in [0.15, 0.2) is 0 Å². The van der Waals surface area contributed by atoms with Gasteiger partial charge < -0.3 is 21.3 Å². The summed E-state index contributed by atoms with van der Waals surface area (Å²) in [6, 6.07) is 0. The van der Waals surface area contributed by atoms with Gasteiger partial charge in [-0.2, -0.15) is 0 Å². The van der Waals surface area contributed by atoms with Gasteiger partial charge in [-0.1, -0.05) is 19.3 Å². The fourth-order valence-corrected chi connectivity index (χ4v) is 4.32. The molecule has 2 aliphatic rings. The second kappa shape index (κ2) is 11.4. The molecule has 2 aliphatic heterocycles. The van der Waals surface area contributed by atoms with Crippen molar-refractivity contribution in [3.8, 4) is 0 Å². The van der Waals surface area contributed by atoms with Gasteiger partial charge in [-0.3, -0.25) is 0 Å². The lowest BCUT2D eigenvalue weighted by molar-refractivity contribution is 0.162. The van der Waals surface area contributed by atoms with Gasteiger partial charge in [-0.15, -0.1) is 0 Å². The van der Waals surface area contributed by atoms with E-state index in [2.05, 4.69) is 9.80 Å². The fraction of sp³-hybridized carbons (Fsp3) is 1.00. The van der Waals surface area contributed by atoms with Gasteiger partial charge in [0.05, 0.1) is 0 Å².